The standard InChI is InChI=1S/C21H27F3.C20H25F3/c1-2-3-4-14-5-7-15(8-6-14)16-9-10-19(20(22)13-16)17-11-18(12-17)21(23)24;1-2-3-13-4-6-14(7-5-13)15-8-9-18(19(21)12-15)16-10-17(11-16)20(22)23/h9-10,13-15,17H,2-8,11-12H2,1H3;8-9,12-14,16H,2-7,10-11H2,1H3/t14-,15-;13-,14-. The predicted molar refractivity (Wildman–Crippen MR) is 179 cm³/mol. The first-order valence-corrected chi connectivity index (χ1v) is 18.3. The third-order valence-corrected chi connectivity index (χ3v) is 11.7. The van der Waals surface area contributed by atoms with Gasteiger partial charge in [0.05, 0.1) is 0 Å². The minimum absolute atomic E-state index is 0.0687. The SMILES string of the molecule is CCCC[C@H]1CC[C@H](c2ccc(C3CC(=C(F)F)C3)c(F)c2)CC1.CCC[C@H]1CC[C@H](c2ccc(C3CC(=C(F)F)C3)c(F)c2)CC1. The van der Waals surface area contributed by atoms with E-state index in [1.54, 1.807) is 12.1 Å². The molecular weight excluding hydrogens is 606 g/mol. The maximum atomic E-state index is 14.4. The van der Waals surface area contributed by atoms with Crippen LogP contribution in [0.3, 0.4) is 0 Å². The van der Waals surface area contributed by atoms with E-state index in [0.717, 1.165) is 48.6 Å². The van der Waals surface area contributed by atoms with Crippen LogP contribution in [0, 0.1) is 23.5 Å². The van der Waals surface area contributed by atoms with Crippen molar-refractivity contribution in [1.82, 2.24) is 0 Å². The molecule has 0 radical (unpaired) electrons. The summed E-state index contributed by atoms with van der Waals surface area (Å²) in [5, 5.41) is 0. The van der Waals surface area contributed by atoms with Crippen molar-refractivity contribution in [3.8, 4) is 0 Å². The van der Waals surface area contributed by atoms with Crippen molar-refractivity contribution < 1.29 is 26.3 Å². The summed E-state index contributed by atoms with van der Waals surface area (Å²) in [4.78, 5) is 0. The highest BCUT2D eigenvalue weighted by Crippen LogP contribution is 2.47. The van der Waals surface area contributed by atoms with Crippen molar-refractivity contribution in [1.29, 1.82) is 0 Å². The van der Waals surface area contributed by atoms with Gasteiger partial charge >= 0.3 is 0 Å². The number of hydrogen-bond donors (Lipinski definition) is 0. The van der Waals surface area contributed by atoms with E-state index in [4.69, 9.17) is 0 Å². The zero-order chi connectivity index (χ0) is 33.5. The van der Waals surface area contributed by atoms with E-state index in [-0.39, 0.29) is 34.6 Å². The van der Waals surface area contributed by atoms with Crippen LogP contribution in [-0.2, 0) is 0 Å². The zero-order valence-electron chi connectivity index (χ0n) is 28.2. The molecule has 0 amide bonds. The van der Waals surface area contributed by atoms with Gasteiger partial charge in [0.2, 0.25) is 0 Å². The molecule has 2 aromatic carbocycles. The van der Waals surface area contributed by atoms with Gasteiger partial charge in [0.1, 0.15) is 11.6 Å². The van der Waals surface area contributed by atoms with Crippen LogP contribution in [-0.4, -0.2) is 0 Å². The minimum Gasteiger partial charge on any atom is -0.207 e. The summed E-state index contributed by atoms with van der Waals surface area (Å²) in [6.45, 7) is 4.47. The number of benzene rings is 2. The Bertz CT molecular complexity index is 1370. The lowest BCUT2D eigenvalue weighted by molar-refractivity contribution is 0.304. The van der Waals surface area contributed by atoms with Crippen molar-refractivity contribution in [2.75, 3.05) is 0 Å². The average molecular weight is 659 g/mol. The van der Waals surface area contributed by atoms with Crippen molar-refractivity contribution >= 4 is 0 Å². The molecule has 4 aliphatic carbocycles. The van der Waals surface area contributed by atoms with E-state index in [1.807, 2.05) is 24.3 Å². The number of allylic oxidation sites excluding steroid dienone is 2. The quantitative estimate of drug-likeness (QED) is 0.235. The topological polar surface area (TPSA) is 0 Å². The van der Waals surface area contributed by atoms with Crippen molar-refractivity contribution in [3.05, 3.63) is 93.6 Å². The summed E-state index contributed by atoms with van der Waals surface area (Å²) >= 11 is 0. The van der Waals surface area contributed by atoms with Crippen LogP contribution < -0.4 is 0 Å². The molecule has 0 unspecified atom stereocenters. The maximum Gasteiger partial charge on any atom is 0.269 e. The Kier molecular flexibility index (Phi) is 12.8. The van der Waals surface area contributed by atoms with Crippen LogP contribution in [0.1, 0.15) is 169 Å². The molecule has 2 aromatic rings. The summed E-state index contributed by atoms with van der Waals surface area (Å²) in [7, 11) is 0. The van der Waals surface area contributed by atoms with E-state index >= 15 is 0 Å². The second-order valence-corrected chi connectivity index (χ2v) is 14.9. The van der Waals surface area contributed by atoms with Gasteiger partial charge in [0.15, 0.2) is 0 Å². The molecule has 4 aliphatic rings. The minimum atomic E-state index is -1.58. The first kappa shape index (κ1) is 35.8. The van der Waals surface area contributed by atoms with Gasteiger partial charge in [0.25, 0.3) is 12.2 Å². The monoisotopic (exact) mass is 658 g/mol. The second-order valence-electron chi connectivity index (χ2n) is 14.9. The largest absolute Gasteiger partial charge is 0.269 e. The molecular formula is C41H52F6. The van der Waals surface area contributed by atoms with Gasteiger partial charge in [-0.05, 0) is 158 Å². The molecule has 258 valence electrons. The van der Waals surface area contributed by atoms with Gasteiger partial charge in [0, 0.05) is 0 Å². The molecule has 0 aliphatic heterocycles. The van der Waals surface area contributed by atoms with E-state index < -0.39 is 12.2 Å². The molecule has 6 rings (SSSR count). The second kappa shape index (κ2) is 16.7. The van der Waals surface area contributed by atoms with Crippen LogP contribution in [0.25, 0.3) is 0 Å². The van der Waals surface area contributed by atoms with E-state index in [0.29, 0.717) is 48.6 Å². The van der Waals surface area contributed by atoms with E-state index in [9.17, 15) is 26.3 Å². The van der Waals surface area contributed by atoms with Crippen LogP contribution >= 0.6 is 0 Å². The fourth-order valence-electron chi connectivity index (χ4n) is 8.55. The lowest BCUT2D eigenvalue weighted by Crippen LogP contribution is -2.16. The van der Waals surface area contributed by atoms with Gasteiger partial charge in [-0.25, -0.2) is 8.78 Å². The Morgan fingerprint density at radius 1 is 0.532 bits per heavy atom. The summed E-state index contributed by atoms with van der Waals surface area (Å²) in [5.74, 6) is 2.07. The average Bonchev–Trinajstić information content (AvgIpc) is 3.01. The van der Waals surface area contributed by atoms with Crippen molar-refractivity contribution in [2.24, 2.45) is 11.8 Å². The van der Waals surface area contributed by atoms with Gasteiger partial charge in [-0.1, -0.05) is 70.2 Å². The first-order chi connectivity index (χ1) is 22.7. The summed E-state index contributed by atoms with van der Waals surface area (Å²) in [5.41, 5.74) is 3.78. The van der Waals surface area contributed by atoms with Crippen LogP contribution in [0.5, 0.6) is 0 Å². The molecule has 4 saturated carbocycles. The Balaban J connectivity index is 0.000000185. The molecule has 0 saturated heterocycles. The Labute approximate surface area is 278 Å². The summed E-state index contributed by atoms with van der Waals surface area (Å²) in [6.07, 6.45) is 14.1. The van der Waals surface area contributed by atoms with E-state index in [2.05, 4.69) is 13.8 Å². The molecule has 0 atom stereocenters. The molecule has 6 heteroatoms. The fourth-order valence-corrected chi connectivity index (χ4v) is 8.55. The third kappa shape index (κ3) is 9.15. The highest BCUT2D eigenvalue weighted by Gasteiger charge is 2.32. The lowest BCUT2D eigenvalue weighted by atomic mass is 9.74. The summed E-state index contributed by atoms with van der Waals surface area (Å²) < 4.78 is 78.7. The zero-order valence-corrected chi connectivity index (χ0v) is 28.2. The Morgan fingerprint density at radius 2 is 0.936 bits per heavy atom. The van der Waals surface area contributed by atoms with Gasteiger partial charge < -0.3 is 0 Å². The molecule has 0 aromatic heterocycles. The molecule has 0 N–H and O–H groups in total. The van der Waals surface area contributed by atoms with Crippen molar-refractivity contribution in [3.63, 3.8) is 0 Å². The van der Waals surface area contributed by atoms with Gasteiger partial charge in [-0.3, -0.25) is 0 Å². The Morgan fingerprint density at radius 3 is 1.28 bits per heavy atom. The molecule has 47 heavy (non-hydrogen) atoms. The number of hydrogen-bond acceptors (Lipinski definition) is 0. The van der Waals surface area contributed by atoms with Crippen LogP contribution in [0.4, 0.5) is 26.3 Å². The van der Waals surface area contributed by atoms with Crippen LogP contribution in [0.2, 0.25) is 0 Å². The molecule has 0 heterocycles. The highest BCUT2D eigenvalue weighted by atomic mass is 19.3. The first-order valence-electron chi connectivity index (χ1n) is 18.3. The smallest absolute Gasteiger partial charge is 0.207 e. The molecule has 0 spiro atoms. The van der Waals surface area contributed by atoms with E-state index in [1.165, 1.54) is 57.8 Å². The van der Waals surface area contributed by atoms with Crippen molar-refractivity contribution in [2.45, 2.75) is 147 Å². The fraction of sp³-hybridized carbons (Fsp3) is 0.610. The maximum absolute atomic E-state index is 14.4. The van der Waals surface area contributed by atoms with Gasteiger partial charge in [-0.15, -0.1) is 0 Å². The van der Waals surface area contributed by atoms with Crippen LogP contribution in [0.15, 0.2) is 59.7 Å². The third-order valence-electron chi connectivity index (χ3n) is 11.7. The Hall–Kier alpha value is -2.50. The summed E-state index contributed by atoms with van der Waals surface area (Å²) in [6, 6.07) is 11.1. The normalized spacial score (nSPS) is 27.3. The number of rotatable bonds is 9. The predicted octanol–water partition coefficient (Wildman–Crippen LogP) is 14.2. The number of halogens is 6. The van der Waals surface area contributed by atoms with Gasteiger partial charge in [-0.2, -0.15) is 17.6 Å². The molecule has 0 nitrogen and oxygen atoms in total. The highest BCUT2D eigenvalue weighted by molar-refractivity contribution is 5.36. The molecule has 4 fully saturated rings. The lowest BCUT2D eigenvalue weighted by Gasteiger charge is -2.31. The number of unbranched alkanes of at least 4 members (excludes halogenated alkanes) is 1. The molecule has 0 bridgehead atoms.